The fourth-order valence-electron chi connectivity index (χ4n) is 2.07. The number of thiazole rings is 1. The Labute approximate surface area is 116 Å². The Morgan fingerprint density at radius 1 is 1.21 bits per heavy atom. The van der Waals surface area contributed by atoms with E-state index in [0.29, 0.717) is 0 Å². The lowest BCUT2D eigenvalue weighted by molar-refractivity contribution is 0.988. The van der Waals surface area contributed by atoms with Crippen LogP contribution in [0.3, 0.4) is 0 Å². The summed E-state index contributed by atoms with van der Waals surface area (Å²) >= 11 is 1.72. The molecule has 0 amide bonds. The summed E-state index contributed by atoms with van der Waals surface area (Å²) in [5.74, 6) is 0. The van der Waals surface area contributed by atoms with Gasteiger partial charge in [-0.3, -0.25) is 4.98 Å². The summed E-state index contributed by atoms with van der Waals surface area (Å²) < 4.78 is 0. The maximum absolute atomic E-state index is 4.47. The predicted octanol–water partition coefficient (Wildman–Crippen LogP) is 3.65. The zero-order valence-corrected chi connectivity index (χ0v) is 11.6. The van der Waals surface area contributed by atoms with Crippen LogP contribution in [0.5, 0.6) is 0 Å². The van der Waals surface area contributed by atoms with Gasteiger partial charge in [0.2, 0.25) is 0 Å². The molecule has 3 nitrogen and oxygen atoms in total. The molecule has 0 aliphatic carbocycles. The molecular formula is C15H15N3S. The van der Waals surface area contributed by atoms with Crippen molar-refractivity contribution in [1.82, 2.24) is 9.97 Å². The van der Waals surface area contributed by atoms with Crippen molar-refractivity contribution in [2.24, 2.45) is 0 Å². The summed E-state index contributed by atoms with van der Waals surface area (Å²) in [4.78, 5) is 8.90. The van der Waals surface area contributed by atoms with Crippen LogP contribution in [0.2, 0.25) is 0 Å². The molecule has 0 bridgehead atoms. The molecule has 1 aromatic carbocycles. The van der Waals surface area contributed by atoms with Crippen molar-refractivity contribution in [3.8, 4) is 0 Å². The minimum Gasteiger partial charge on any atom is -0.383 e. The van der Waals surface area contributed by atoms with Crippen LogP contribution in [0.25, 0.3) is 10.9 Å². The predicted molar refractivity (Wildman–Crippen MR) is 80.8 cm³/mol. The van der Waals surface area contributed by atoms with Crippen molar-refractivity contribution >= 4 is 27.9 Å². The van der Waals surface area contributed by atoms with Crippen LogP contribution in [0, 0.1) is 6.92 Å². The van der Waals surface area contributed by atoms with Gasteiger partial charge in [0.25, 0.3) is 0 Å². The lowest BCUT2D eigenvalue weighted by Gasteiger charge is -2.07. The molecule has 0 unspecified atom stereocenters. The number of nitrogens with zero attached hydrogens (tertiary/aromatic N) is 2. The minimum atomic E-state index is 0.878. The SMILES string of the molecule is Cc1csc(CCNc2cccc3cccnc23)n1. The number of fused-ring (bicyclic) bond motifs is 1. The zero-order chi connectivity index (χ0) is 13.1. The molecule has 2 heterocycles. The average molecular weight is 269 g/mol. The summed E-state index contributed by atoms with van der Waals surface area (Å²) in [7, 11) is 0. The lowest BCUT2D eigenvalue weighted by Crippen LogP contribution is -2.05. The van der Waals surface area contributed by atoms with Crippen LogP contribution in [0.1, 0.15) is 10.7 Å². The Hall–Kier alpha value is -1.94. The molecule has 1 N–H and O–H groups in total. The molecule has 0 fully saturated rings. The van der Waals surface area contributed by atoms with Crippen LogP contribution in [0.15, 0.2) is 41.9 Å². The number of para-hydroxylation sites is 1. The van der Waals surface area contributed by atoms with E-state index in [1.165, 1.54) is 5.01 Å². The van der Waals surface area contributed by atoms with Crippen molar-refractivity contribution < 1.29 is 0 Å². The van der Waals surface area contributed by atoms with Gasteiger partial charge in [0.15, 0.2) is 0 Å². The number of hydrogen-bond donors (Lipinski definition) is 1. The number of anilines is 1. The Bertz CT molecular complexity index is 685. The third-order valence-corrected chi connectivity index (χ3v) is 3.98. The number of benzene rings is 1. The van der Waals surface area contributed by atoms with Crippen molar-refractivity contribution in [3.63, 3.8) is 0 Å². The largest absolute Gasteiger partial charge is 0.383 e. The fourth-order valence-corrected chi connectivity index (χ4v) is 2.84. The van der Waals surface area contributed by atoms with Crippen molar-refractivity contribution in [1.29, 1.82) is 0 Å². The van der Waals surface area contributed by atoms with E-state index in [0.717, 1.165) is 35.2 Å². The van der Waals surface area contributed by atoms with Gasteiger partial charge in [-0.2, -0.15) is 0 Å². The van der Waals surface area contributed by atoms with Crippen molar-refractivity contribution in [2.45, 2.75) is 13.3 Å². The normalized spacial score (nSPS) is 10.8. The molecule has 2 aromatic heterocycles. The van der Waals surface area contributed by atoms with Crippen molar-refractivity contribution in [2.75, 3.05) is 11.9 Å². The standard InChI is InChI=1S/C15H15N3S/c1-11-10-19-14(18-11)7-9-16-13-6-2-4-12-5-3-8-17-15(12)13/h2-6,8,10,16H,7,9H2,1H3. The number of aryl methyl sites for hydroxylation is 1. The summed E-state index contributed by atoms with van der Waals surface area (Å²) in [5, 5.41) is 7.88. The third-order valence-electron chi connectivity index (χ3n) is 2.95. The number of aromatic nitrogens is 2. The Morgan fingerprint density at radius 2 is 2.11 bits per heavy atom. The molecular weight excluding hydrogens is 254 g/mol. The number of pyridine rings is 1. The number of nitrogens with one attached hydrogen (secondary N) is 1. The summed E-state index contributed by atoms with van der Waals surface area (Å²) in [6.07, 6.45) is 2.78. The topological polar surface area (TPSA) is 37.8 Å². The second-order valence-corrected chi connectivity index (χ2v) is 5.38. The molecule has 0 aliphatic rings. The van der Waals surface area contributed by atoms with Crippen LogP contribution in [-0.4, -0.2) is 16.5 Å². The Kier molecular flexibility index (Phi) is 3.42. The highest BCUT2D eigenvalue weighted by molar-refractivity contribution is 7.09. The molecule has 0 saturated heterocycles. The molecule has 0 radical (unpaired) electrons. The first-order valence-electron chi connectivity index (χ1n) is 6.31. The summed E-state index contributed by atoms with van der Waals surface area (Å²) in [6.45, 7) is 2.91. The van der Waals surface area contributed by atoms with Gasteiger partial charge >= 0.3 is 0 Å². The second-order valence-electron chi connectivity index (χ2n) is 4.44. The van der Waals surface area contributed by atoms with E-state index in [-0.39, 0.29) is 0 Å². The maximum atomic E-state index is 4.47. The van der Waals surface area contributed by atoms with E-state index >= 15 is 0 Å². The highest BCUT2D eigenvalue weighted by atomic mass is 32.1. The van der Waals surface area contributed by atoms with Gasteiger partial charge in [0.05, 0.1) is 16.2 Å². The summed E-state index contributed by atoms with van der Waals surface area (Å²) in [5.41, 5.74) is 3.22. The van der Waals surface area contributed by atoms with Gasteiger partial charge in [-0.25, -0.2) is 4.98 Å². The molecule has 0 spiro atoms. The molecule has 0 aliphatic heterocycles. The molecule has 0 saturated carbocycles. The van der Waals surface area contributed by atoms with Crippen LogP contribution < -0.4 is 5.32 Å². The van der Waals surface area contributed by atoms with E-state index in [1.54, 1.807) is 11.3 Å². The number of hydrogen-bond acceptors (Lipinski definition) is 4. The average Bonchev–Trinajstić information content (AvgIpc) is 2.85. The van der Waals surface area contributed by atoms with E-state index < -0.39 is 0 Å². The summed E-state index contributed by atoms with van der Waals surface area (Å²) in [6, 6.07) is 10.3. The molecule has 3 rings (SSSR count). The van der Waals surface area contributed by atoms with E-state index in [1.807, 2.05) is 19.2 Å². The second kappa shape index (κ2) is 5.36. The quantitative estimate of drug-likeness (QED) is 0.785. The van der Waals surface area contributed by atoms with E-state index in [2.05, 4.69) is 44.9 Å². The molecule has 19 heavy (non-hydrogen) atoms. The van der Waals surface area contributed by atoms with Crippen LogP contribution in [0.4, 0.5) is 5.69 Å². The van der Waals surface area contributed by atoms with Gasteiger partial charge < -0.3 is 5.32 Å². The maximum Gasteiger partial charge on any atom is 0.0945 e. The highest BCUT2D eigenvalue weighted by Gasteiger charge is 2.02. The first-order valence-corrected chi connectivity index (χ1v) is 7.19. The molecule has 4 heteroatoms. The zero-order valence-electron chi connectivity index (χ0n) is 10.8. The van der Waals surface area contributed by atoms with Crippen LogP contribution >= 0.6 is 11.3 Å². The smallest absolute Gasteiger partial charge is 0.0945 e. The fraction of sp³-hybridized carbons (Fsp3) is 0.200. The van der Waals surface area contributed by atoms with Gasteiger partial charge in [0, 0.05) is 35.6 Å². The highest BCUT2D eigenvalue weighted by Crippen LogP contribution is 2.20. The third kappa shape index (κ3) is 2.74. The van der Waals surface area contributed by atoms with Gasteiger partial charge in [-0.15, -0.1) is 11.3 Å². The number of rotatable bonds is 4. The monoisotopic (exact) mass is 269 g/mol. The molecule has 3 aromatic rings. The molecule has 0 atom stereocenters. The Balaban J connectivity index is 1.71. The van der Waals surface area contributed by atoms with Gasteiger partial charge in [-0.05, 0) is 19.1 Å². The van der Waals surface area contributed by atoms with Crippen molar-refractivity contribution in [3.05, 3.63) is 52.6 Å². The van der Waals surface area contributed by atoms with E-state index in [4.69, 9.17) is 0 Å². The van der Waals surface area contributed by atoms with Gasteiger partial charge in [0.1, 0.15) is 0 Å². The lowest BCUT2D eigenvalue weighted by atomic mass is 10.2. The first-order chi connectivity index (χ1) is 9.33. The van der Waals surface area contributed by atoms with E-state index in [9.17, 15) is 0 Å². The Morgan fingerprint density at radius 3 is 2.95 bits per heavy atom. The minimum absolute atomic E-state index is 0.878. The molecule has 96 valence electrons. The van der Waals surface area contributed by atoms with Gasteiger partial charge in [-0.1, -0.05) is 18.2 Å². The van der Waals surface area contributed by atoms with Crippen LogP contribution in [-0.2, 0) is 6.42 Å². The first kappa shape index (κ1) is 12.1.